The molecular weight excluding hydrogens is 1480 g/mol. The van der Waals surface area contributed by atoms with E-state index in [1.54, 1.807) is 51.2 Å². The molecule has 2 fully saturated rings. The summed E-state index contributed by atoms with van der Waals surface area (Å²) in [5, 5.41) is 46.8. The number of hydrogen-bond donors (Lipinski definition) is 18. The van der Waals surface area contributed by atoms with Gasteiger partial charge in [0.15, 0.2) is 5.96 Å². The number of rotatable bonds is 26. The van der Waals surface area contributed by atoms with Crippen molar-refractivity contribution in [3.8, 4) is 5.75 Å². The Bertz CT molecular complexity index is 3900. The van der Waals surface area contributed by atoms with Gasteiger partial charge >= 0.3 is 5.97 Å². The molecule has 3 aromatic carbocycles. The van der Waals surface area contributed by atoms with Crippen molar-refractivity contribution in [1.82, 2.24) is 63.1 Å². The fraction of sp³-hybridized carbons (Fsp3) is 0.500. The van der Waals surface area contributed by atoms with Crippen molar-refractivity contribution in [3.05, 3.63) is 99.7 Å². The first kappa shape index (κ1) is 87.0. The predicted octanol–water partition coefficient (Wildman–Crippen LogP) is -0.694. The number of aromatic amines is 1. The fourth-order valence-electron chi connectivity index (χ4n) is 11.9. The average molecular weight is 1580 g/mol. The van der Waals surface area contributed by atoms with E-state index in [9.17, 15) is 67.7 Å². The van der Waals surface area contributed by atoms with Gasteiger partial charge in [0.2, 0.25) is 76.8 Å². The summed E-state index contributed by atoms with van der Waals surface area (Å²) < 4.78 is 0. The normalized spacial score (nSPS) is 21.5. The number of halogens is 2. The molecule has 4 aromatic rings. The number of amides is 13. The molecule has 1 saturated carbocycles. The van der Waals surface area contributed by atoms with Gasteiger partial charge in [-0.3, -0.25) is 72.1 Å². The number of aromatic hydroxyl groups is 1. The molecule has 2 aliphatic rings. The molecule has 38 heteroatoms. The zero-order valence-electron chi connectivity index (χ0n) is 60.0. The molecule has 588 valence electrons. The number of para-hydroxylation sites is 1. The minimum atomic E-state index is -1.75. The summed E-state index contributed by atoms with van der Waals surface area (Å²) in [4.78, 5) is 206. The third-order valence-corrected chi connectivity index (χ3v) is 21.0. The van der Waals surface area contributed by atoms with E-state index >= 15 is 9.59 Å². The standard InChI is InChI=1S/C70H96Cl2N18O16S2/c1-36(2)60-69(106)86-50(30-39-10-8-14-44(71)59(39)72)66(103)83-46(16-9-26-79-70(76)77)62(99)78-27-25-55(93)81-47(21-23-54(74)92)63(100)85-51(31-40-32-80-45-15-7-6-13-43(40)45)67(104)84-48(22-24-58(96)97)64(101)87-52(61(75)98)34-107-108-35-53(68(105)89-60)88-65(102)49(29-38-17-19-42(91)20-18-38)82-56(94)33-90(41-11-4-5-12-41)57(95)28-37(3)73/h6-8,10,13-15,17-20,32,36-37,41,46-53,60,80,91H,4-5,9,11-12,16,21-31,33-35,73H2,1-3H3,(H2,74,92)(H2,75,98)(H,78,99)(H,81,93)(H,82,94)(H,83,103)(H,84,104)(H,85,100)(H,86,106)(H,87,101)(H,88,102)(H,89,105)(H,96,97)(H4,76,77,79)/t37-,46+,47+,48+,49+,50+,51+,52+,53+,60+/m1/s1. The van der Waals surface area contributed by atoms with Gasteiger partial charge in [0.25, 0.3) is 0 Å². The number of carboxylic acid groups (broad SMARTS) is 1. The van der Waals surface area contributed by atoms with Crippen LogP contribution in [-0.2, 0) is 86.4 Å². The minimum absolute atomic E-state index is 0.00256. The van der Waals surface area contributed by atoms with Crippen LogP contribution in [0.4, 0.5) is 0 Å². The summed E-state index contributed by atoms with van der Waals surface area (Å²) in [7, 11) is 1.69. The van der Waals surface area contributed by atoms with E-state index in [2.05, 4.69) is 63.1 Å². The Morgan fingerprint density at radius 3 is 1.92 bits per heavy atom. The molecular formula is C70H96Cl2N18O16S2. The smallest absolute Gasteiger partial charge is 0.303 e. The van der Waals surface area contributed by atoms with Crippen molar-refractivity contribution < 1.29 is 77.3 Å². The van der Waals surface area contributed by atoms with Crippen LogP contribution in [0.1, 0.15) is 115 Å². The van der Waals surface area contributed by atoms with Crippen molar-refractivity contribution in [2.45, 2.75) is 184 Å². The highest BCUT2D eigenvalue weighted by Crippen LogP contribution is 2.29. The molecule has 1 aliphatic carbocycles. The Hall–Kier alpha value is -9.91. The molecule has 0 radical (unpaired) electrons. The fourth-order valence-corrected chi connectivity index (χ4v) is 14.7. The van der Waals surface area contributed by atoms with Crippen molar-refractivity contribution in [3.63, 3.8) is 0 Å². The van der Waals surface area contributed by atoms with Crippen LogP contribution in [0, 0.1) is 5.92 Å². The van der Waals surface area contributed by atoms with Gasteiger partial charge in [0.1, 0.15) is 60.1 Å². The van der Waals surface area contributed by atoms with E-state index in [4.69, 9.17) is 51.9 Å². The number of carbonyl (C=O) groups excluding carboxylic acids is 13. The lowest BCUT2D eigenvalue weighted by atomic mass is 10.00. The Morgan fingerprint density at radius 2 is 1.28 bits per heavy atom. The van der Waals surface area contributed by atoms with Crippen molar-refractivity contribution in [1.29, 1.82) is 0 Å². The molecule has 1 aliphatic heterocycles. The Labute approximate surface area is 641 Å². The largest absolute Gasteiger partial charge is 0.508 e. The monoisotopic (exact) mass is 1580 g/mol. The van der Waals surface area contributed by atoms with Gasteiger partial charge < -0.3 is 102 Å². The summed E-state index contributed by atoms with van der Waals surface area (Å²) >= 11 is 13.1. The van der Waals surface area contributed by atoms with Crippen LogP contribution in [-0.4, -0.2) is 206 Å². The highest BCUT2D eigenvalue weighted by Gasteiger charge is 2.38. The van der Waals surface area contributed by atoms with E-state index in [-0.39, 0.29) is 84.3 Å². The third-order valence-electron chi connectivity index (χ3n) is 17.7. The van der Waals surface area contributed by atoms with Crippen LogP contribution >= 0.6 is 44.8 Å². The number of aromatic nitrogens is 1. The number of nitrogens with zero attached hydrogens (tertiary/aromatic N) is 2. The quantitative estimate of drug-likeness (QED) is 0.0160. The minimum Gasteiger partial charge on any atom is -0.508 e. The van der Waals surface area contributed by atoms with Gasteiger partial charge in [-0.15, -0.1) is 0 Å². The zero-order valence-corrected chi connectivity index (χ0v) is 63.1. The summed E-state index contributed by atoms with van der Waals surface area (Å²) in [6.45, 7) is 3.81. The number of guanidine groups is 1. The second-order valence-electron chi connectivity index (χ2n) is 26.7. The van der Waals surface area contributed by atoms with Crippen molar-refractivity contribution in [2.24, 2.45) is 39.6 Å². The number of primary amides is 2. The molecule has 13 amide bonds. The molecule has 6 rings (SSSR count). The van der Waals surface area contributed by atoms with Gasteiger partial charge in [-0.05, 0) is 92.3 Å². The Kier molecular flexibility index (Phi) is 34.8. The van der Waals surface area contributed by atoms with E-state index < -0.39 is 200 Å². The van der Waals surface area contributed by atoms with Crippen molar-refractivity contribution in [2.75, 3.05) is 31.1 Å². The summed E-state index contributed by atoms with van der Waals surface area (Å²) in [6, 6.07) is 1.89. The van der Waals surface area contributed by atoms with Crippen molar-refractivity contribution >= 4 is 144 Å². The number of aliphatic imine (C=N–C) groups is 1. The van der Waals surface area contributed by atoms with Gasteiger partial charge in [0.05, 0.1) is 16.6 Å². The molecule has 108 heavy (non-hydrogen) atoms. The predicted molar refractivity (Wildman–Crippen MR) is 405 cm³/mol. The number of phenolic OH excluding ortho intramolecular Hbond substituents is 1. The first-order valence-corrected chi connectivity index (χ1v) is 38.4. The second-order valence-corrected chi connectivity index (χ2v) is 30.1. The molecule has 0 bridgehead atoms. The first-order valence-electron chi connectivity index (χ1n) is 35.2. The van der Waals surface area contributed by atoms with Gasteiger partial charge in [-0.25, -0.2) is 0 Å². The molecule has 2 heterocycles. The number of phenols is 1. The number of hydrogen-bond acceptors (Lipinski definition) is 19. The van der Waals surface area contributed by atoms with Crippen LogP contribution in [0.25, 0.3) is 10.9 Å². The molecule has 10 atom stereocenters. The van der Waals surface area contributed by atoms with Crippen LogP contribution in [0.5, 0.6) is 5.75 Å². The SMILES string of the molecule is CC(C)[C@@H]1NC(=O)[C@@H](NC(=O)[C@H](Cc2ccc(O)cc2)NC(=O)CN(C(=O)C[C@@H](C)N)C2CCCC2)CSSC[C@@H](C(N)=O)NC(=O)[C@H](CCC(=O)O)NC(=O)[C@H](Cc2c[nH]c3ccccc23)NC(=O)[C@H](CCC(N)=O)NC(=O)CCNC(=O)[C@H](CCCN=C(N)N)NC(=O)[C@H](Cc2cccc(Cl)c2Cl)NC1=O. The van der Waals surface area contributed by atoms with Crippen LogP contribution in [0.15, 0.2) is 77.9 Å². The number of H-pyrrole nitrogens is 1. The van der Waals surface area contributed by atoms with E-state index in [0.29, 0.717) is 34.9 Å². The van der Waals surface area contributed by atoms with E-state index in [0.717, 1.165) is 34.4 Å². The molecule has 34 nitrogen and oxygen atoms in total. The Balaban J connectivity index is 1.43. The van der Waals surface area contributed by atoms with Crippen LogP contribution < -0.4 is 81.8 Å². The molecule has 1 saturated heterocycles. The molecule has 0 spiro atoms. The van der Waals surface area contributed by atoms with E-state index in [1.807, 2.05) is 0 Å². The summed E-state index contributed by atoms with van der Waals surface area (Å²) in [5.41, 5.74) is 30.4. The highest BCUT2D eigenvalue weighted by atomic mass is 35.5. The lowest BCUT2D eigenvalue weighted by Crippen LogP contribution is -2.61. The molecule has 23 N–H and O–H groups in total. The number of carbonyl (C=O) groups is 14. The lowest BCUT2D eigenvalue weighted by molar-refractivity contribution is -0.139. The summed E-state index contributed by atoms with van der Waals surface area (Å²) in [6.07, 6.45) is 0.562. The first-order chi connectivity index (χ1) is 51.3. The second kappa shape index (κ2) is 43.2. The highest BCUT2D eigenvalue weighted by molar-refractivity contribution is 8.76. The molecule has 1 aromatic heterocycles. The van der Waals surface area contributed by atoms with Gasteiger partial charge in [-0.2, -0.15) is 0 Å². The maximum absolute atomic E-state index is 15.1. The summed E-state index contributed by atoms with van der Waals surface area (Å²) in [5.74, 6) is -15.4. The zero-order chi connectivity index (χ0) is 79.3. The number of carboxylic acids is 1. The number of benzene rings is 3. The van der Waals surface area contributed by atoms with Crippen LogP contribution in [0.3, 0.4) is 0 Å². The topological polar surface area (TPSA) is 561 Å². The maximum Gasteiger partial charge on any atom is 0.303 e. The average Bonchev–Trinajstić information content (AvgIpc) is 0.913. The number of nitrogens with two attached hydrogens (primary N) is 5. The van der Waals surface area contributed by atoms with E-state index in [1.165, 1.54) is 47.4 Å². The lowest BCUT2D eigenvalue weighted by Gasteiger charge is -2.30. The Morgan fingerprint density at radius 1 is 0.676 bits per heavy atom. The maximum atomic E-state index is 15.1. The van der Waals surface area contributed by atoms with Gasteiger partial charge in [0, 0.05) is 98.7 Å². The number of fused-ring (bicyclic) bond motifs is 1. The number of aliphatic carboxylic acids is 1. The third kappa shape index (κ3) is 28.3. The molecule has 0 unspecified atom stereocenters. The van der Waals surface area contributed by atoms with Gasteiger partial charge in [-0.1, -0.05) is 114 Å². The van der Waals surface area contributed by atoms with Crippen LogP contribution in [0.2, 0.25) is 10.0 Å². The number of nitrogens with one attached hydrogen (secondary N) is 11.